The van der Waals surface area contributed by atoms with Crippen molar-refractivity contribution in [2.75, 3.05) is 33.7 Å². The van der Waals surface area contributed by atoms with Gasteiger partial charge >= 0.3 is 0 Å². The first-order valence-corrected chi connectivity index (χ1v) is 6.74. The molecule has 19 heavy (non-hydrogen) atoms. The number of halogens is 1. The van der Waals surface area contributed by atoms with E-state index in [1.54, 1.807) is 6.07 Å². The Morgan fingerprint density at radius 2 is 2.32 bits per heavy atom. The van der Waals surface area contributed by atoms with E-state index in [-0.39, 0.29) is 5.82 Å². The van der Waals surface area contributed by atoms with Crippen molar-refractivity contribution in [3.05, 3.63) is 29.8 Å². The normalized spacial score (nSPS) is 22.1. The fourth-order valence-corrected chi connectivity index (χ4v) is 2.47. The quantitative estimate of drug-likeness (QED) is 0.872. The summed E-state index contributed by atoms with van der Waals surface area (Å²) in [6.07, 6.45) is 2.35. The summed E-state index contributed by atoms with van der Waals surface area (Å²) in [5.74, 6) is -0.371. The van der Waals surface area contributed by atoms with Crippen LogP contribution < -0.4 is 0 Å². The van der Waals surface area contributed by atoms with Gasteiger partial charge in [-0.1, -0.05) is 0 Å². The lowest BCUT2D eigenvalue weighted by Crippen LogP contribution is -2.32. The van der Waals surface area contributed by atoms with Crippen molar-refractivity contribution in [1.82, 2.24) is 14.8 Å². The highest BCUT2D eigenvalue weighted by atomic mass is 19.1. The molecule has 1 fully saturated rings. The molecule has 2 heterocycles. The van der Waals surface area contributed by atoms with Crippen LogP contribution in [0.2, 0.25) is 0 Å². The van der Waals surface area contributed by atoms with E-state index in [0.29, 0.717) is 18.2 Å². The molecule has 2 rings (SSSR count). The number of hydrogen-bond donors (Lipinski definition) is 1. The first-order chi connectivity index (χ1) is 9.06. The van der Waals surface area contributed by atoms with Crippen molar-refractivity contribution in [1.29, 1.82) is 0 Å². The zero-order valence-electron chi connectivity index (χ0n) is 11.6. The van der Waals surface area contributed by atoms with Crippen LogP contribution >= 0.6 is 0 Å². The Morgan fingerprint density at radius 1 is 1.53 bits per heavy atom. The predicted molar refractivity (Wildman–Crippen MR) is 72.3 cm³/mol. The molecular formula is C14H22FN3O. The number of aromatic nitrogens is 1. The average molecular weight is 267 g/mol. The summed E-state index contributed by atoms with van der Waals surface area (Å²) < 4.78 is 12.7. The van der Waals surface area contributed by atoms with Gasteiger partial charge in [-0.25, -0.2) is 4.39 Å². The Morgan fingerprint density at radius 3 is 2.89 bits per heavy atom. The van der Waals surface area contributed by atoms with Gasteiger partial charge in [0.25, 0.3) is 0 Å². The Bertz CT molecular complexity index is 396. The molecule has 0 spiro atoms. The molecule has 1 aliphatic rings. The minimum absolute atomic E-state index is 0.371. The fourth-order valence-electron chi connectivity index (χ4n) is 2.47. The smallest absolute Gasteiger partial charge is 0.141 e. The van der Waals surface area contributed by atoms with Gasteiger partial charge in [0, 0.05) is 19.1 Å². The van der Waals surface area contributed by atoms with E-state index in [2.05, 4.69) is 28.9 Å². The molecule has 0 aliphatic carbocycles. The first-order valence-electron chi connectivity index (χ1n) is 6.74. The van der Waals surface area contributed by atoms with E-state index in [0.717, 1.165) is 25.8 Å². The van der Waals surface area contributed by atoms with Gasteiger partial charge in [-0.2, -0.15) is 0 Å². The van der Waals surface area contributed by atoms with Crippen molar-refractivity contribution in [2.45, 2.75) is 25.0 Å². The summed E-state index contributed by atoms with van der Waals surface area (Å²) in [4.78, 5) is 8.52. The number of rotatable bonds is 5. The zero-order valence-corrected chi connectivity index (χ0v) is 11.6. The van der Waals surface area contributed by atoms with Gasteiger partial charge in [0.15, 0.2) is 0 Å². The number of pyridine rings is 1. The molecule has 0 amide bonds. The zero-order chi connectivity index (χ0) is 13.8. The molecule has 1 saturated heterocycles. The van der Waals surface area contributed by atoms with Crippen molar-refractivity contribution < 1.29 is 9.50 Å². The van der Waals surface area contributed by atoms with E-state index < -0.39 is 6.10 Å². The minimum Gasteiger partial charge on any atom is -0.387 e. The van der Waals surface area contributed by atoms with Crippen molar-refractivity contribution >= 4 is 0 Å². The highest BCUT2D eigenvalue weighted by Gasteiger charge is 2.24. The molecule has 0 aromatic carbocycles. The second-order valence-electron chi connectivity index (χ2n) is 5.41. The Balaban J connectivity index is 1.78. The van der Waals surface area contributed by atoms with Gasteiger partial charge in [0.1, 0.15) is 5.82 Å². The minimum atomic E-state index is -0.612. The second kappa shape index (κ2) is 6.41. The number of aliphatic hydroxyl groups excluding tert-OH is 1. The lowest BCUT2D eigenvalue weighted by molar-refractivity contribution is 0.142. The Hall–Kier alpha value is -1.04. The molecule has 0 radical (unpaired) electrons. The number of nitrogens with zero attached hydrogens (tertiary/aromatic N) is 3. The van der Waals surface area contributed by atoms with Gasteiger partial charge in [-0.05, 0) is 45.6 Å². The molecule has 0 saturated carbocycles. The summed E-state index contributed by atoms with van der Waals surface area (Å²) in [5.41, 5.74) is 0.546. The maximum Gasteiger partial charge on any atom is 0.141 e. The SMILES string of the molecule is CN(C)C1CCN(CCC(O)c2ccc(F)cn2)C1. The van der Waals surface area contributed by atoms with Crippen LogP contribution in [0.25, 0.3) is 0 Å². The fraction of sp³-hybridized carbons (Fsp3) is 0.643. The van der Waals surface area contributed by atoms with Gasteiger partial charge in [-0.15, -0.1) is 0 Å². The van der Waals surface area contributed by atoms with Crippen molar-refractivity contribution in [2.24, 2.45) is 0 Å². The first kappa shape index (κ1) is 14.4. The largest absolute Gasteiger partial charge is 0.387 e. The van der Waals surface area contributed by atoms with Gasteiger partial charge in [0.05, 0.1) is 18.0 Å². The lowest BCUT2D eigenvalue weighted by atomic mass is 10.1. The summed E-state index contributed by atoms with van der Waals surface area (Å²) in [7, 11) is 4.21. The van der Waals surface area contributed by atoms with E-state index in [9.17, 15) is 9.50 Å². The van der Waals surface area contributed by atoms with E-state index in [4.69, 9.17) is 0 Å². The highest BCUT2D eigenvalue weighted by molar-refractivity contribution is 5.08. The number of likely N-dealkylation sites (N-methyl/N-ethyl adjacent to an activating group) is 1. The van der Waals surface area contributed by atoms with Crippen molar-refractivity contribution in [3.8, 4) is 0 Å². The molecular weight excluding hydrogens is 245 g/mol. The molecule has 1 aliphatic heterocycles. The van der Waals surface area contributed by atoms with Crippen LogP contribution in [0.1, 0.15) is 24.6 Å². The van der Waals surface area contributed by atoms with Crippen LogP contribution in [0.3, 0.4) is 0 Å². The monoisotopic (exact) mass is 267 g/mol. The van der Waals surface area contributed by atoms with Gasteiger partial charge in [-0.3, -0.25) is 4.98 Å². The molecule has 1 N–H and O–H groups in total. The number of likely N-dealkylation sites (tertiary alicyclic amines) is 1. The third-order valence-corrected chi connectivity index (χ3v) is 3.79. The van der Waals surface area contributed by atoms with Crippen LogP contribution in [0.4, 0.5) is 4.39 Å². The topological polar surface area (TPSA) is 39.6 Å². The van der Waals surface area contributed by atoms with E-state index >= 15 is 0 Å². The van der Waals surface area contributed by atoms with Crippen molar-refractivity contribution in [3.63, 3.8) is 0 Å². The summed E-state index contributed by atoms with van der Waals surface area (Å²) >= 11 is 0. The second-order valence-corrected chi connectivity index (χ2v) is 5.41. The molecule has 4 nitrogen and oxygen atoms in total. The van der Waals surface area contributed by atoms with Crippen LogP contribution in [0.5, 0.6) is 0 Å². The standard InChI is InChI=1S/C14H22FN3O/c1-17(2)12-5-7-18(10-12)8-6-14(19)13-4-3-11(15)9-16-13/h3-4,9,12,14,19H,5-8,10H2,1-2H3. The summed E-state index contributed by atoms with van der Waals surface area (Å²) in [6.45, 7) is 2.98. The molecule has 1 aromatic rings. The third kappa shape index (κ3) is 3.96. The molecule has 2 unspecified atom stereocenters. The highest BCUT2D eigenvalue weighted by Crippen LogP contribution is 2.18. The molecule has 5 heteroatoms. The maximum absolute atomic E-state index is 12.7. The molecule has 106 valence electrons. The van der Waals surface area contributed by atoms with Crippen LogP contribution in [-0.4, -0.2) is 59.7 Å². The third-order valence-electron chi connectivity index (χ3n) is 3.79. The van der Waals surface area contributed by atoms with Crippen LogP contribution in [-0.2, 0) is 0 Å². The van der Waals surface area contributed by atoms with Crippen LogP contribution in [0, 0.1) is 5.82 Å². The average Bonchev–Trinajstić information content (AvgIpc) is 2.86. The summed E-state index contributed by atoms with van der Waals surface area (Å²) in [5, 5.41) is 10.0. The van der Waals surface area contributed by atoms with Gasteiger partial charge < -0.3 is 14.9 Å². The Kier molecular flexibility index (Phi) is 4.85. The molecule has 1 aromatic heterocycles. The summed E-state index contributed by atoms with van der Waals surface area (Å²) in [6, 6.07) is 3.50. The van der Waals surface area contributed by atoms with Crippen LogP contribution in [0.15, 0.2) is 18.3 Å². The molecule has 0 bridgehead atoms. The maximum atomic E-state index is 12.7. The Labute approximate surface area is 113 Å². The number of aliphatic hydroxyl groups is 1. The van der Waals surface area contributed by atoms with E-state index in [1.807, 2.05) is 0 Å². The van der Waals surface area contributed by atoms with Gasteiger partial charge in [0.2, 0.25) is 0 Å². The number of hydrogen-bond acceptors (Lipinski definition) is 4. The lowest BCUT2D eigenvalue weighted by Gasteiger charge is -2.21. The predicted octanol–water partition coefficient (Wildman–Crippen LogP) is 1.28. The molecule has 2 atom stereocenters. The van der Waals surface area contributed by atoms with E-state index in [1.165, 1.54) is 12.5 Å².